The number of likely N-dealkylation sites (tertiary alicyclic amines) is 3. The van der Waals surface area contributed by atoms with Crippen LogP contribution in [-0.4, -0.2) is 65.9 Å². The second-order valence-corrected chi connectivity index (χ2v) is 8.50. The molecule has 1 unspecified atom stereocenters. The topological polar surface area (TPSA) is 26.8 Å². The van der Waals surface area contributed by atoms with Crippen molar-refractivity contribution in [3.63, 3.8) is 0 Å². The first kappa shape index (κ1) is 18.9. The zero-order chi connectivity index (χ0) is 18.6. The summed E-state index contributed by atoms with van der Waals surface area (Å²) in [6.45, 7) is 7.12. The molecule has 0 N–H and O–H groups in total. The van der Waals surface area contributed by atoms with Gasteiger partial charge in [-0.2, -0.15) is 0 Å². The van der Waals surface area contributed by atoms with Crippen molar-refractivity contribution < 1.29 is 9.18 Å². The lowest BCUT2D eigenvalue weighted by Gasteiger charge is -2.42. The summed E-state index contributed by atoms with van der Waals surface area (Å²) in [6, 6.07) is 7.49. The average molecular weight is 374 g/mol. The van der Waals surface area contributed by atoms with Crippen molar-refractivity contribution in [3.05, 3.63) is 35.6 Å². The van der Waals surface area contributed by atoms with Gasteiger partial charge in [0.15, 0.2) is 0 Å². The van der Waals surface area contributed by atoms with Gasteiger partial charge in [0.05, 0.1) is 5.92 Å². The van der Waals surface area contributed by atoms with Gasteiger partial charge in [0, 0.05) is 32.2 Å². The Hall–Kier alpha value is -1.46. The SMILES string of the molecule is O=C(C1CCCN(C2CCN(Cc3ccc(F)cc3)CC2)C1)N1CCCC1. The van der Waals surface area contributed by atoms with Gasteiger partial charge in [-0.1, -0.05) is 12.1 Å². The summed E-state index contributed by atoms with van der Waals surface area (Å²) in [6.07, 6.45) is 6.91. The van der Waals surface area contributed by atoms with E-state index in [1.54, 1.807) is 12.1 Å². The normalized spacial score (nSPS) is 25.8. The molecule has 3 aliphatic heterocycles. The van der Waals surface area contributed by atoms with Gasteiger partial charge in [0.2, 0.25) is 5.91 Å². The molecule has 0 aromatic heterocycles. The summed E-state index contributed by atoms with van der Waals surface area (Å²) >= 11 is 0. The summed E-state index contributed by atoms with van der Waals surface area (Å²) in [4.78, 5) is 19.9. The number of carbonyl (C=O) groups is 1. The quantitative estimate of drug-likeness (QED) is 0.811. The van der Waals surface area contributed by atoms with Crippen molar-refractivity contribution in [2.75, 3.05) is 39.3 Å². The van der Waals surface area contributed by atoms with Crippen LogP contribution in [0.1, 0.15) is 44.1 Å². The van der Waals surface area contributed by atoms with Gasteiger partial charge in [-0.15, -0.1) is 0 Å². The Labute approximate surface area is 162 Å². The van der Waals surface area contributed by atoms with E-state index in [0.29, 0.717) is 11.9 Å². The Balaban J connectivity index is 1.26. The fourth-order valence-electron chi connectivity index (χ4n) is 5.03. The standard InChI is InChI=1S/C22H32FN3O/c23-20-7-5-18(6-8-20)16-24-14-9-21(10-15-24)26-13-3-4-19(17-26)22(27)25-11-1-2-12-25/h5-8,19,21H,1-4,9-17H2. The number of carbonyl (C=O) groups excluding carboxylic acids is 1. The predicted octanol–water partition coefficient (Wildman–Crippen LogP) is 3.12. The highest BCUT2D eigenvalue weighted by atomic mass is 19.1. The van der Waals surface area contributed by atoms with E-state index in [4.69, 9.17) is 0 Å². The minimum Gasteiger partial charge on any atom is -0.342 e. The molecule has 0 radical (unpaired) electrons. The molecule has 1 aromatic rings. The van der Waals surface area contributed by atoms with E-state index in [1.165, 1.54) is 31.2 Å². The predicted molar refractivity (Wildman–Crippen MR) is 105 cm³/mol. The Kier molecular flexibility index (Phi) is 6.08. The number of hydrogen-bond acceptors (Lipinski definition) is 3. The van der Waals surface area contributed by atoms with Gasteiger partial charge in [-0.3, -0.25) is 14.6 Å². The molecule has 1 aromatic carbocycles. The van der Waals surface area contributed by atoms with E-state index in [1.807, 2.05) is 12.1 Å². The highest BCUT2D eigenvalue weighted by molar-refractivity contribution is 5.79. The average Bonchev–Trinajstić information content (AvgIpc) is 3.25. The molecule has 0 bridgehead atoms. The van der Waals surface area contributed by atoms with Crippen molar-refractivity contribution in [3.8, 4) is 0 Å². The molecular weight excluding hydrogens is 341 g/mol. The lowest BCUT2D eigenvalue weighted by molar-refractivity contribution is -0.136. The molecule has 1 amide bonds. The van der Waals surface area contributed by atoms with Crippen LogP contribution in [-0.2, 0) is 11.3 Å². The van der Waals surface area contributed by atoms with Crippen LogP contribution in [0.2, 0.25) is 0 Å². The van der Waals surface area contributed by atoms with E-state index in [2.05, 4.69) is 14.7 Å². The molecular formula is C22H32FN3O. The van der Waals surface area contributed by atoms with Crippen LogP contribution >= 0.6 is 0 Å². The molecule has 0 spiro atoms. The molecule has 148 valence electrons. The van der Waals surface area contributed by atoms with Crippen LogP contribution in [0.5, 0.6) is 0 Å². The maximum absolute atomic E-state index is 13.1. The second kappa shape index (κ2) is 8.70. The van der Waals surface area contributed by atoms with Crippen LogP contribution in [0.4, 0.5) is 4.39 Å². The molecule has 3 aliphatic rings. The van der Waals surface area contributed by atoms with Gasteiger partial charge in [-0.05, 0) is 75.9 Å². The largest absolute Gasteiger partial charge is 0.342 e. The molecule has 3 heterocycles. The second-order valence-electron chi connectivity index (χ2n) is 8.50. The zero-order valence-electron chi connectivity index (χ0n) is 16.3. The Morgan fingerprint density at radius 1 is 0.926 bits per heavy atom. The first-order chi connectivity index (χ1) is 13.2. The smallest absolute Gasteiger partial charge is 0.226 e. The highest BCUT2D eigenvalue weighted by Crippen LogP contribution is 2.26. The first-order valence-electron chi connectivity index (χ1n) is 10.7. The number of benzene rings is 1. The third-order valence-electron chi connectivity index (χ3n) is 6.61. The number of nitrogens with zero attached hydrogens (tertiary/aromatic N) is 3. The number of halogens is 1. The van der Waals surface area contributed by atoms with E-state index >= 15 is 0 Å². The lowest BCUT2D eigenvalue weighted by Crippen LogP contribution is -2.51. The van der Waals surface area contributed by atoms with Gasteiger partial charge in [-0.25, -0.2) is 4.39 Å². The fourth-order valence-corrected chi connectivity index (χ4v) is 5.03. The summed E-state index contributed by atoms with van der Waals surface area (Å²) in [5.74, 6) is 0.459. The van der Waals surface area contributed by atoms with Gasteiger partial charge in [0.25, 0.3) is 0 Å². The summed E-state index contributed by atoms with van der Waals surface area (Å²) in [7, 11) is 0. The zero-order valence-corrected chi connectivity index (χ0v) is 16.3. The van der Waals surface area contributed by atoms with Crippen LogP contribution < -0.4 is 0 Å². The lowest BCUT2D eigenvalue weighted by atomic mass is 9.93. The van der Waals surface area contributed by atoms with E-state index in [-0.39, 0.29) is 11.7 Å². The highest BCUT2D eigenvalue weighted by Gasteiger charge is 2.34. The third-order valence-corrected chi connectivity index (χ3v) is 6.61. The Morgan fingerprint density at radius 3 is 2.33 bits per heavy atom. The summed E-state index contributed by atoms with van der Waals surface area (Å²) in [5, 5.41) is 0. The first-order valence-corrected chi connectivity index (χ1v) is 10.7. The van der Waals surface area contributed by atoms with Crippen LogP contribution in [0.25, 0.3) is 0 Å². The molecule has 0 saturated carbocycles. The molecule has 0 aliphatic carbocycles. The van der Waals surface area contributed by atoms with Gasteiger partial charge >= 0.3 is 0 Å². The van der Waals surface area contributed by atoms with E-state index in [9.17, 15) is 9.18 Å². The van der Waals surface area contributed by atoms with Crippen molar-refractivity contribution in [2.24, 2.45) is 5.92 Å². The number of hydrogen-bond donors (Lipinski definition) is 0. The van der Waals surface area contributed by atoms with Gasteiger partial charge in [0.1, 0.15) is 5.82 Å². The number of piperidine rings is 2. The summed E-state index contributed by atoms with van der Waals surface area (Å²) < 4.78 is 13.1. The van der Waals surface area contributed by atoms with E-state index in [0.717, 1.165) is 58.7 Å². The molecule has 5 heteroatoms. The molecule has 4 rings (SSSR count). The van der Waals surface area contributed by atoms with Crippen molar-refractivity contribution in [1.29, 1.82) is 0 Å². The van der Waals surface area contributed by atoms with Crippen LogP contribution in [0, 0.1) is 11.7 Å². The Morgan fingerprint density at radius 2 is 1.63 bits per heavy atom. The Bertz CT molecular complexity index is 621. The minimum absolute atomic E-state index is 0.166. The molecule has 4 nitrogen and oxygen atoms in total. The van der Waals surface area contributed by atoms with Crippen molar-refractivity contribution >= 4 is 5.91 Å². The molecule has 3 saturated heterocycles. The maximum atomic E-state index is 13.1. The van der Waals surface area contributed by atoms with Crippen LogP contribution in [0.15, 0.2) is 24.3 Å². The third kappa shape index (κ3) is 4.69. The van der Waals surface area contributed by atoms with Gasteiger partial charge < -0.3 is 4.90 Å². The van der Waals surface area contributed by atoms with Crippen LogP contribution in [0.3, 0.4) is 0 Å². The maximum Gasteiger partial charge on any atom is 0.226 e. The van der Waals surface area contributed by atoms with E-state index < -0.39 is 0 Å². The van der Waals surface area contributed by atoms with Crippen molar-refractivity contribution in [2.45, 2.75) is 51.1 Å². The minimum atomic E-state index is -0.166. The summed E-state index contributed by atoms with van der Waals surface area (Å²) in [5.41, 5.74) is 1.18. The fraction of sp³-hybridized carbons (Fsp3) is 0.682. The monoisotopic (exact) mass is 373 g/mol. The molecule has 3 fully saturated rings. The number of rotatable bonds is 4. The van der Waals surface area contributed by atoms with Crippen molar-refractivity contribution in [1.82, 2.24) is 14.7 Å². The molecule has 27 heavy (non-hydrogen) atoms. The molecule has 1 atom stereocenters. The number of amides is 1.